The van der Waals surface area contributed by atoms with Gasteiger partial charge in [-0.2, -0.15) is 0 Å². The van der Waals surface area contributed by atoms with E-state index in [4.69, 9.17) is 31.4 Å². The van der Waals surface area contributed by atoms with Crippen LogP contribution in [0.3, 0.4) is 0 Å². The molecule has 0 unspecified atom stereocenters. The molecule has 0 atom stereocenters. The van der Waals surface area contributed by atoms with E-state index in [1.807, 2.05) is 72.9 Å². The number of hydrogen-bond donors (Lipinski definition) is 0. The van der Waals surface area contributed by atoms with Crippen LogP contribution in [0, 0.1) is 0 Å². The van der Waals surface area contributed by atoms with Crippen LogP contribution in [0.1, 0.15) is 0 Å². The van der Waals surface area contributed by atoms with Gasteiger partial charge in [-0.05, 0) is 23.3 Å². The fourth-order valence-corrected chi connectivity index (χ4v) is 1.44. The summed E-state index contributed by atoms with van der Waals surface area (Å²) in [5, 5.41) is 0. The van der Waals surface area contributed by atoms with Crippen LogP contribution in [-0.2, 0) is 0 Å². The molecule has 0 bridgehead atoms. The summed E-state index contributed by atoms with van der Waals surface area (Å²) in [7, 11) is 21.3. The molecular weight excluding hydrogens is 402 g/mol. The summed E-state index contributed by atoms with van der Waals surface area (Å²) in [4.78, 5) is 0. The summed E-state index contributed by atoms with van der Waals surface area (Å²) < 4.78 is 0. The van der Waals surface area contributed by atoms with Gasteiger partial charge in [-0.25, -0.2) is 0 Å². The van der Waals surface area contributed by atoms with Crippen molar-refractivity contribution in [1.29, 1.82) is 0 Å². The van der Waals surface area contributed by atoms with Gasteiger partial charge in [-0.3, -0.25) is 0 Å². The molecule has 0 aliphatic heterocycles. The molecule has 12 radical (unpaired) electrons. The molecule has 0 amide bonds. The van der Waals surface area contributed by atoms with Crippen LogP contribution in [0.15, 0.2) is 98.2 Å². The van der Waals surface area contributed by atoms with Crippen LogP contribution in [0.25, 0.3) is 0 Å². The van der Waals surface area contributed by atoms with E-state index in [1.165, 1.54) is 0 Å². The van der Waals surface area contributed by atoms with Gasteiger partial charge < -0.3 is 0 Å². The van der Waals surface area contributed by atoms with E-state index in [0.29, 0.717) is 0 Å². The predicted molar refractivity (Wildman–Crippen MR) is 119 cm³/mol. The van der Waals surface area contributed by atoms with E-state index < -0.39 is 0 Å². The number of allylic oxidation sites excluding steroid dienone is 14. The number of rotatable bonds is 2. The Labute approximate surface area is 176 Å². The minimum atomic E-state index is -0.0370. The molecule has 25 heavy (non-hydrogen) atoms. The average molecular weight is 424 g/mol. The minimum Gasteiger partial charge on any atom is -0.103 e. The van der Waals surface area contributed by atoms with E-state index in [9.17, 15) is 0 Å². The predicted octanol–water partition coefficient (Wildman–Crippen LogP) is 4.14. The molecule has 0 aromatic heterocycles. The standard InChI is InChI=1S/3C5H5B.C5H7B.Sn/c3*6-5-3-1-2-4-5;1-3-5(6)4-2;/h3*1-5H;3-5H,1-2H2;. The van der Waals surface area contributed by atoms with Crippen molar-refractivity contribution in [2.45, 2.75) is 23.3 Å². The van der Waals surface area contributed by atoms with E-state index in [0.717, 1.165) is 0 Å². The molecule has 0 fully saturated rings. The van der Waals surface area contributed by atoms with E-state index >= 15 is 0 Å². The third-order valence-electron chi connectivity index (χ3n) is 2.88. The summed E-state index contributed by atoms with van der Waals surface area (Å²) >= 11 is 0. The minimum absolute atomic E-state index is 0. The van der Waals surface area contributed by atoms with Gasteiger partial charge in [-0.1, -0.05) is 85.1 Å². The van der Waals surface area contributed by atoms with Gasteiger partial charge >= 0.3 is 0 Å². The van der Waals surface area contributed by atoms with E-state index in [-0.39, 0.29) is 47.2 Å². The second-order valence-electron chi connectivity index (χ2n) is 5.09. The molecule has 0 nitrogen and oxygen atoms in total. The van der Waals surface area contributed by atoms with Gasteiger partial charge in [0.25, 0.3) is 0 Å². The molecule has 0 saturated carbocycles. The van der Waals surface area contributed by atoms with Crippen LogP contribution in [0.5, 0.6) is 0 Å². The molecule has 3 aliphatic rings. The first-order valence-corrected chi connectivity index (χ1v) is 7.82. The van der Waals surface area contributed by atoms with Gasteiger partial charge in [0.1, 0.15) is 0 Å². The topological polar surface area (TPSA) is 0 Å². The maximum Gasteiger partial charge on any atom is 0.0811 e. The number of hydrogen-bond acceptors (Lipinski definition) is 0. The fraction of sp³-hybridized carbons (Fsp3) is 0.200. The zero-order chi connectivity index (χ0) is 18.2. The van der Waals surface area contributed by atoms with Gasteiger partial charge in [0, 0.05) is 23.9 Å². The maximum absolute atomic E-state index is 5.36. The van der Waals surface area contributed by atoms with Crippen molar-refractivity contribution in [3.05, 3.63) is 98.2 Å². The monoisotopic (exact) mass is 426 g/mol. The molecule has 3 rings (SSSR count). The normalized spacial score (nSPS) is 16.4. The van der Waals surface area contributed by atoms with Crippen LogP contribution in [-0.4, -0.2) is 55.3 Å². The second-order valence-corrected chi connectivity index (χ2v) is 5.09. The average Bonchev–Trinajstić information content (AvgIpc) is 3.34. The Morgan fingerprint density at radius 1 is 0.600 bits per heavy atom. The van der Waals surface area contributed by atoms with Crippen molar-refractivity contribution < 1.29 is 0 Å². The van der Waals surface area contributed by atoms with Crippen molar-refractivity contribution in [3.63, 3.8) is 0 Å². The molecule has 0 spiro atoms. The summed E-state index contributed by atoms with van der Waals surface area (Å²) in [6.07, 6.45) is 26.6. The third-order valence-corrected chi connectivity index (χ3v) is 2.88. The van der Waals surface area contributed by atoms with Crippen molar-refractivity contribution in [3.8, 4) is 0 Å². The molecule has 0 aromatic rings. The Balaban J connectivity index is 0. The van der Waals surface area contributed by atoms with Crippen LogP contribution in [0.4, 0.5) is 0 Å². The Bertz CT molecular complexity index is 424. The van der Waals surface area contributed by atoms with E-state index in [2.05, 4.69) is 13.2 Å². The van der Waals surface area contributed by atoms with Crippen molar-refractivity contribution in [2.75, 3.05) is 0 Å². The van der Waals surface area contributed by atoms with Crippen molar-refractivity contribution >= 4 is 55.3 Å². The van der Waals surface area contributed by atoms with Gasteiger partial charge in [0.15, 0.2) is 0 Å². The molecular formula is C20H22B4Sn. The fourth-order valence-electron chi connectivity index (χ4n) is 1.44. The summed E-state index contributed by atoms with van der Waals surface area (Å²) in [5.41, 5.74) is 0. The van der Waals surface area contributed by atoms with Crippen LogP contribution in [0.2, 0.25) is 23.3 Å². The molecule has 0 heterocycles. The third kappa shape index (κ3) is 17.6. The van der Waals surface area contributed by atoms with Crippen molar-refractivity contribution in [1.82, 2.24) is 0 Å². The zero-order valence-electron chi connectivity index (χ0n) is 14.6. The van der Waals surface area contributed by atoms with Crippen molar-refractivity contribution in [2.24, 2.45) is 0 Å². The largest absolute Gasteiger partial charge is 0.103 e. The summed E-state index contributed by atoms with van der Waals surface area (Å²) in [6, 6.07) is 0. The Kier molecular flexibility index (Phi) is 18.7. The van der Waals surface area contributed by atoms with E-state index in [1.54, 1.807) is 12.2 Å². The summed E-state index contributed by atoms with van der Waals surface area (Å²) in [6.45, 7) is 6.87. The van der Waals surface area contributed by atoms with Crippen LogP contribution >= 0.6 is 0 Å². The Morgan fingerprint density at radius 3 is 0.840 bits per heavy atom. The molecule has 118 valence electrons. The Morgan fingerprint density at radius 2 is 0.800 bits per heavy atom. The Hall–Kier alpha value is -1.02. The first kappa shape index (κ1) is 26.2. The first-order valence-electron chi connectivity index (χ1n) is 7.82. The smallest absolute Gasteiger partial charge is 0.0811 e. The maximum atomic E-state index is 5.36. The summed E-state index contributed by atoms with van der Waals surface area (Å²) in [5.74, 6) is 0.519. The molecule has 0 N–H and O–H groups in total. The van der Waals surface area contributed by atoms with Crippen LogP contribution < -0.4 is 0 Å². The molecule has 0 saturated heterocycles. The molecule has 3 aliphatic carbocycles. The zero-order valence-corrected chi connectivity index (χ0v) is 17.5. The first-order chi connectivity index (χ1) is 11.5. The van der Waals surface area contributed by atoms with Gasteiger partial charge in [0.05, 0.1) is 31.4 Å². The van der Waals surface area contributed by atoms with Gasteiger partial charge in [-0.15, -0.1) is 13.2 Å². The SMILES string of the molecule is [B]C(C=C)C=C.[B]C1C=CC=C1.[B]C1C=CC=C1.[B]C1C=CC=C1.[Sn]. The second kappa shape index (κ2) is 17.8. The molecule has 5 heteroatoms. The quantitative estimate of drug-likeness (QED) is 0.462. The van der Waals surface area contributed by atoms with Gasteiger partial charge in [0.2, 0.25) is 0 Å². The molecule has 0 aromatic carbocycles.